The number of piperidine rings is 1. The Balaban J connectivity index is 1.64. The Morgan fingerprint density at radius 2 is 1.68 bits per heavy atom. The lowest BCUT2D eigenvalue weighted by Crippen LogP contribution is -2.44. The molecule has 0 bridgehead atoms. The predicted molar refractivity (Wildman–Crippen MR) is 129 cm³/mol. The molecule has 164 valence electrons. The van der Waals surface area contributed by atoms with Gasteiger partial charge in [-0.15, -0.1) is 0 Å². The standard InChI is InChI=1S/C25H31N3O2S/c1-17-4-10-22(11-5-17)28(16-31)25(30)23(26)13-20-6-8-21(9-7-20)24(29)27-14-18(2)12-19(3)15-27/h4-11,16,18-19,23H,12-15,26H2,1-3H3. The maximum Gasteiger partial charge on any atom is 0.253 e. The van der Waals surface area contributed by atoms with Crippen LogP contribution in [0.2, 0.25) is 0 Å². The normalized spacial score (nSPS) is 19.5. The average molecular weight is 438 g/mol. The monoisotopic (exact) mass is 437 g/mol. The first-order valence-electron chi connectivity index (χ1n) is 10.8. The molecule has 6 heteroatoms. The minimum Gasteiger partial charge on any atom is -0.338 e. The fourth-order valence-electron chi connectivity index (χ4n) is 4.26. The van der Waals surface area contributed by atoms with E-state index >= 15 is 0 Å². The minimum atomic E-state index is -0.731. The van der Waals surface area contributed by atoms with E-state index in [1.165, 1.54) is 10.4 Å². The van der Waals surface area contributed by atoms with Crippen molar-refractivity contribution >= 4 is 35.2 Å². The molecule has 0 radical (unpaired) electrons. The van der Waals surface area contributed by atoms with E-state index in [0.717, 1.165) is 30.6 Å². The van der Waals surface area contributed by atoms with Crippen molar-refractivity contribution in [3.63, 3.8) is 0 Å². The third-order valence-corrected chi connectivity index (χ3v) is 6.00. The van der Waals surface area contributed by atoms with Crippen LogP contribution in [0.1, 0.15) is 41.8 Å². The van der Waals surface area contributed by atoms with Crippen LogP contribution in [-0.4, -0.2) is 41.3 Å². The van der Waals surface area contributed by atoms with Gasteiger partial charge in [0.15, 0.2) is 0 Å². The summed E-state index contributed by atoms with van der Waals surface area (Å²) in [4.78, 5) is 29.1. The maximum absolute atomic E-state index is 12.9. The number of carbonyl (C=O) groups excluding carboxylic acids is 2. The number of hydrogen-bond donors (Lipinski definition) is 1. The van der Waals surface area contributed by atoms with Gasteiger partial charge < -0.3 is 10.6 Å². The summed E-state index contributed by atoms with van der Waals surface area (Å²) in [5, 5.41) is 0. The van der Waals surface area contributed by atoms with Crippen molar-refractivity contribution in [2.75, 3.05) is 18.0 Å². The van der Waals surface area contributed by atoms with Gasteiger partial charge in [0.2, 0.25) is 5.91 Å². The zero-order chi connectivity index (χ0) is 22.5. The summed E-state index contributed by atoms with van der Waals surface area (Å²) in [5.74, 6) is 0.856. The van der Waals surface area contributed by atoms with Crippen LogP contribution in [-0.2, 0) is 11.2 Å². The highest BCUT2D eigenvalue weighted by Crippen LogP contribution is 2.23. The van der Waals surface area contributed by atoms with Gasteiger partial charge in [0, 0.05) is 24.3 Å². The van der Waals surface area contributed by atoms with Crippen molar-refractivity contribution in [1.82, 2.24) is 4.90 Å². The van der Waals surface area contributed by atoms with Gasteiger partial charge in [0.25, 0.3) is 5.91 Å². The van der Waals surface area contributed by atoms with E-state index in [9.17, 15) is 9.59 Å². The fraction of sp³-hybridized carbons (Fsp3) is 0.400. The molecule has 3 atom stereocenters. The highest BCUT2D eigenvalue weighted by molar-refractivity contribution is 7.79. The summed E-state index contributed by atoms with van der Waals surface area (Å²) in [6.45, 7) is 7.97. The summed E-state index contributed by atoms with van der Waals surface area (Å²) in [5.41, 5.74) is 10.9. The number of thiocarbonyl (C=S) groups is 1. The van der Waals surface area contributed by atoms with E-state index in [4.69, 9.17) is 18.0 Å². The lowest BCUT2D eigenvalue weighted by molar-refractivity contribution is -0.118. The SMILES string of the molecule is Cc1ccc(N(C=S)C(=O)C(N)Cc2ccc(C(=O)N3CC(C)CC(C)C3)cc2)cc1. The molecule has 0 aromatic heterocycles. The maximum atomic E-state index is 12.9. The molecule has 1 fully saturated rings. The number of benzene rings is 2. The Labute approximate surface area is 190 Å². The summed E-state index contributed by atoms with van der Waals surface area (Å²) in [6.07, 6.45) is 1.53. The molecular formula is C25H31N3O2S. The van der Waals surface area contributed by atoms with E-state index in [2.05, 4.69) is 13.8 Å². The smallest absolute Gasteiger partial charge is 0.253 e. The van der Waals surface area contributed by atoms with Crippen molar-refractivity contribution in [3.05, 3.63) is 65.2 Å². The zero-order valence-electron chi connectivity index (χ0n) is 18.5. The Hall–Kier alpha value is -2.57. The molecule has 2 aromatic carbocycles. The average Bonchev–Trinajstić information content (AvgIpc) is 2.74. The Morgan fingerprint density at radius 3 is 2.23 bits per heavy atom. The molecular weight excluding hydrogens is 406 g/mol. The number of anilines is 1. The third kappa shape index (κ3) is 5.77. The van der Waals surface area contributed by atoms with Crippen LogP contribution < -0.4 is 10.6 Å². The lowest BCUT2D eigenvalue weighted by Gasteiger charge is -2.35. The molecule has 31 heavy (non-hydrogen) atoms. The Morgan fingerprint density at radius 1 is 1.10 bits per heavy atom. The molecule has 1 aliphatic heterocycles. The first-order chi connectivity index (χ1) is 14.8. The van der Waals surface area contributed by atoms with Crippen molar-refractivity contribution in [1.29, 1.82) is 0 Å². The van der Waals surface area contributed by atoms with Crippen molar-refractivity contribution in [2.24, 2.45) is 17.6 Å². The van der Waals surface area contributed by atoms with Gasteiger partial charge in [-0.2, -0.15) is 0 Å². The molecule has 1 saturated heterocycles. The molecule has 2 N–H and O–H groups in total. The van der Waals surface area contributed by atoms with Crippen LogP contribution in [0.15, 0.2) is 48.5 Å². The second-order valence-electron chi connectivity index (χ2n) is 8.81. The summed E-state index contributed by atoms with van der Waals surface area (Å²) in [6, 6.07) is 14.3. The molecule has 3 rings (SSSR count). The molecule has 0 saturated carbocycles. The lowest BCUT2D eigenvalue weighted by atomic mass is 9.91. The predicted octanol–water partition coefficient (Wildman–Crippen LogP) is 3.97. The number of nitrogens with two attached hydrogens (primary N) is 1. The zero-order valence-corrected chi connectivity index (χ0v) is 19.3. The number of carbonyl (C=O) groups is 2. The number of hydrogen-bond acceptors (Lipinski definition) is 4. The van der Waals surface area contributed by atoms with E-state index in [1.54, 1.807) is 0 Å². The van der Waals surface area contributed by atoms with Gasteiger partial charge in [0.05, 0.1) is 11.5 Å². The molecule has 2 amide bonds. The van der Waals surface area contributed by atoms with Gasteiger partial charge in [-0.1, -0.05) is 55.9 Å². The molecule has 2 aromatic rings. The third-order valence-electron chi connectivity index (χ3n) is 5.78. The second kappa shape index (κ2) is 10.2. The van der Waals surface area contributed by atoms with Gasteiger partial charge >= 0.3 is 0 Å². The quantitative estimate of drug-likeness (QED) is 0.695. The molecule has 0 spiro atoms. The summed E-state index contributed by atoms with van der Waals surface area (Å²) < 4.78 is 0. The first-order valence-corrected chi connectivity index (χ1v) is 11.2. The van der Waals surface area contributed by atoms with Gasteiger partial charge in [0.1, 0.15) is 0 Å². The summed E-state index contributed by atoms with van der Waals surface area (Å²) >= 11 is 5.06. The second-order valence-corrected chi connectivity index (χ2v) is 9.02. The molecule has 5 nitrogen and oxygen atoms in total. The highest BCUT2D eigenvalue weighted by atomic mass is 32.1. The van der Waals surface area contributed by atoms with Crippen molar-refractivity contribution < 1.29 is 9.59 Å². The van der Waals surface area contributed by atoms with Crippen LogP contribution >= 0.6 is 12.2 Å². The number of aryl methyl sites for hydroxylation is 1. The van der Waals surface area contributed by atoms with E-state index in [0.29, 0.717) is 29.5 Å². The first kappa shape index (κ1) is 23.1. The van der Waals surface area contributed by atoms with Gasteiger partial charge in [-0.3, -0.25) is 14.5 Å². The number of likely N-dealkylation sites (tertiary alicyclic amines) is 1. The topological polar surface area (TPSA) is 66.6 Å². The van der Waals surface area contributed by atoms with E-state index in [1.807, 2.05) is 60.4 Å². The Kier molecular flexibility index (Phi) is 7.57. The van der Waals surface area contributed by atoms with E-state index in [-0.39, 0.29) is 11.8 Å². The number of rotatable bonds is 6. The van der Waals surface area contributed by atoms with E-state index < -0.39 is 6.04 Å². The molecule has 3 unspecified atom stereocenters. The van der Waals surface area contributed by atoms with Gasteiger partial charge in [-0.25, -0.2) is 0 Å². The van der Waals surface area contributed by atoms with Crippen LogP contribution in [0.4, 0.5) is 5.69 Å². The molecule has 0 aliphatic carbocycles. The van der Waals surface area contributed by atoms with Crippen molar-refractivity contribution in [2.45, 2.75) is 39.7 Å². The highest BCUT2D eigenvalue weighted by Gasteiger charge is 2.26. The Bertz CT molecular complexity index is 917. The molecule has 1 aliphatic rings. The summed E-state index contributed by atoms with van der Waals surface area (Å²) in [7, 11) is 0. The molecule has 1 heterocycles. The van der Waals surface area contributed by atoms with Crippen LogP contribution in [0.3, 0.4) is 0 Å². The van der Waals surface area contributed by atoms with Crippen molar-refractivity contribution in [3.8, 4) is 0 Å². The fourth-order valence-corrected chi connectivity index (χ4v) is 4.49. The van der Waals surface area contributed by atoms with Gasteiger partial charge in [-0.05, 0) is 61.4 Å². The van der Waals surface area contributed by atoms with Crippen LogP contribution in [0, 0.1) is 18.8 Å². The number of nitrogens with zero attached hydrogens (tertiary/aromatic N) is 2. The minimum absolute atomic E-state index is 0.0663. The largest absolute Gasteiger partial charge is 0.338 e. The van der Waals surface area contributed by atoms with Crippen LogP contribution in [0.5, 0.6) is 0 Å². The number of amides is 2. The van der Waals surface area contributed by atoms with Crippen LogP contribution in [0.25, 0.3) is 0 Å².